The Balaban J connectivity index is 1.99. The predicted octanol–water partition coefficient (Wildman–Crippen LogP) is 1.59. The third-order valence-corrected chi connectivity index (χ3v) is 2.18. The second-order valence-corrected chi connectivity index (χ2v) is 3.60. The van der Waals surface area contributed by atoms with Gasteiger partial charge in [-0.25, -0.2) is 15.0 Å². The van der Waals surface area contributed by atoms with Gasteiger partial charge >= 0.3 is 0 Å². The highest BCUT2D eigenvalue weighted by Gasteiger charge is 2.00. The van der Waals surface area contributed by atoms with Crippen molar-refractivity contribution in [2.24, 2.45) is 0 Å². The number of hydrogen-bond acceptors (Lipinski definition) is 6. The second kappa shape index (κ2) is 5.90. The van der Waals surface area contributed by atoms with Gasteiger partial charge in [0, 0.05) is 18.5 Å². The number of nitrogens with zero attached hydrogens (tertiary/aromatic N) is 4. The Labute approximate surface area is 105 Å². The van der Waals surface area contributed by atoms with Gasteiger partial charge in [-0.3, -0.25) is 0 Å². The Kier molecular flexibility index (Phi) is 4.01. The van der Waals surface area contributed by atoms with Crippen LogP contribution >= 0.6 is 0 Å². The molecule has 0 aromatic carbocycles. The third-order valence-electron chi connectivity index (χ3n) is 2.18. The molecule has 2 heterocycles. The van der Waals surface area contributed by atoms with E-state index in [2.05, 4.69) is 25.3 Å². The Morgan fingerprint density at radius 2 is 2.00 bits per heavy atom. The number of hydrogen-bond donors (Lipinski definition) is 1. The first kappa shape index (κ1) is 12.2. The fraction of sp³-hybridized carbons (Fsp3) is 0.333. The van der Waals surface area contributed by atoms with Gasteiger partial charge in [0.25, 0.3) is 0 Å². The van der Waals surface area contributed by atoms with Crippen molar-refractivity contribution in [2.45, 2.75) is 20.4 Å². The lowest BCUT2D eigenvalue weighted by molar-refractivity contribution is 0.326. The molecule has 2 aromatic rings. The number of aromatic nitrogens is 4. The van der Waals surface area contributed by atoms with Crippen LogP contribution in [0.15, 0.2) is 24.5 Å². The van der Waals surface area contributed by atoms with Gasteiger partial charge in [-0.1, -0.05) is 0 Å². The summed E-state index contributed by atoms with van der Waals surface area (Å²) in [6.45, 7) is 4.91. The number of nitrogens with one attached hydrogen (secondary N) is 1. The molecular formula is C12H15N5O. The van der Waals surface area contributed by atoms with Crippen molar-refractivity contribution >= 4 is 5.95 Å². The summed E-state index contributed by atoms with van der Waals surface area (Å²) in [6.07, 6.45) is 3.39. The maximum atomic E-state index is 5.30. The lowest BCUT2D eigenvalue weighted by Gasteiger charge is -2.06. The van der Waals surface area contributed by atoms with Gasteiger partial charge in [0.2, 0.25) is 11.8 Å². The van der Waals surface area contributed by atoms with E-state index in [0.717, 1.165) is 11.5 Å². The highest BCUT2D eigenvalue weighted by atomic mass is 16.5. The summed E-state index contributed by atoms with van der Waals surface area (Å²) in [7, 11) is 0. The summed E-state index contributed by atoms with van der Waals surface area (Å²) >= 11 is 0. The fourth-order valence-corrected chi connectivity index (χ4v) is 1.43. The topological polar surface area (TPSA) is 72.8 Å². The number of aryl methyl sites for hydroxylation is 1. The zero-order chi connectivity index (χ0) is 12.8. The summed E-state index contributed by atoms with van der Waals surface area (Å²) < 4.78 is 5.30. The molecule has 0 aliphatic heterocycles. The summed E-state index contributed by atoms with van der Waals surface area (Å²) in [5.74, 6) is 1.84. The summed E-state index contributed by atoms with van der Waals surface area (Å²) in [4.78, 5) is 16.7. The average molecular weight is 245 g/mol. The lowest BCUT2D eigenvalue weighted by Crippen LogP contribution is -2.06. The quantitative estimate of drug-likeness (QED) is 0.862. The third kappa shape index (κ3) is 3.38. The first-order valence-corrected chi connectivity index (χ1v) is 5.76. The van der Waals surface area contributed by atoms with Crippen LogP contribution in [-0.2, 0) is 6.54 Å². The molecule has 0 amide bonds. The monoisotopic (exact) mass is 245 g/mol. The average Bonchev–Trinajstić information content (AvgIpc) is 2.37. The molecule has 0 radical (unpaired) electrons. The molecule has 0 bridgehead atoms. The molecule has 2 rings (SSSR count). The van der Waals surface area contributed by atoms with E-state index < -0.39 is 0 Å². The Hall–Kier alpha value is -2.24. The molecule has 2 aromatic heterocycles. The van der Waals surface area contributed by atoms with Crippen LogP contribution in [0.25, 0.3) is 0 Å². The van der Waals surface area contributed by atoms with E-state index in [-0.39, 0.29) is 0 Å². The largest absolute Gasteiger partial charge is 0.478 e. The molecule has 18 heavy (non-hydrogen) atoms. The van der Waals surface area contributed by atoms with Crippen LogP contribution in [0.4, 0.5) is 5.95 Å². The number of anilines is 1. The fourth-order valence-electron chi connectivity index (χ4n) is 1.43. The maximum absolute atomic E-state index is 5.30. The van der Waals surface area contributed by atoms with E-state index in [1.54, 1.807) is 18.5 Å². The Bertz CT molecular complexity index is 517. The SMILES string of the molecule is CCOc1ccnc(NCc2ccnc(C)n2)n1. The molecule has 1 N–H and O–H groups in total. The van der Waals surface area contributed by atoms with Crippen LogP contribution in [0.5, 0.6) is 5.88 Å². The molecule has 6 nitrogen and oxygen atoms in total. The molecule has 0 aliphatic carbocycles. The van der Waals surface area contributed by atoms with Crippen LogP contribution in [-0.4, -0.2) is 26.5 Å². The minimum atomic E-state index is 0.525. The number of rotatable bonds is 5. The zero-order valence-corrected chi connectivity index (χ0v) is 10.4. The normalized spacial score (nSPS) is 10.1. The van der Waals surface area contributed by atoms with Gasteiger partial charge in [-0.2, -0.15) is 4.98 Å². The summed E-state index contributed by atoms with van der Waals surface area (Å²) in [6, 6.07) is 3.58. The molecular weight excluding hydrogens is 230 g/mol. The van der Waals surface area contributed by atoms with Crippen molar-refractivity contribution in [1.82, 2.24) is 19.9 Å². The minimum absolute atomic E-state index is 0.525. The van der Waals surface area contributed by atoms with E-state index in [1.165, 1.54) is 0 Å². The van der Waals surface area contributed by atoms with Crippen LogP contribution in [0.2, 0.25) is 0 Å². The van der Waals surface area contributed by atoms with Crippen LogP contribution < -0.4 is 10.1 Å². The van der Waals surface area contributed by atoms with E-state index in [1.807, 2.05) is 19.9 Å². The lowest BCUT2D eigenvalue weighted by atomic mass is 10.4. The molecule has 94 valence electrons. The second-order valence-electron chi connectivity index (χ2n) is 3.60. The van der Waals surface area contributed by atoms with Gasteiger partial charge in [-0.05, 0) is 19.9 Å². The first-order chi connectivity index (χ1) is 8.78. The van der Waals surface area contributed by atoms with Crippen LogP contribution in [0.1, 0.15) is 18.4 Å². The summed E-state index contributed by atoms with van der Waals surface area (Å²) in [5.41, 5.74) is 0.896. The smallest absolute Gasteiger partial charge is 0.226 e. The molecule has 0 atom stereocenters. The minimum Gasteiger partial charge on any atom is -0.478 e. The molecule has 0 fully saturated rings. The van der Waals surface area contributed by atoms with Crippen molar-refractivity contribution in [3.8, 4) is 5.88 Å². The van der Waals surface area contributed by atoms with Gasteiger partial charge in [0.05, 0.1) is 18.8 Å². The summed E-state index contributed by atoms with van der Waals surface area (Å²) in [5, 5.41) is 3.09. The molecule has 6 heteroatoms. The van der Waals surface area contributed by atoms with Crippen molar-refractivity contribution in [3.05, 3.63) is 36.0 Å². The van der Waals surface area contributed by atoms with Crippen molar-refractivity contribution < 1.29 is 4.74 Å². The van der Waals surface area contributed by atoms with Gasteiger partial charge in [0.15, 0.2) is 0 Å². The van der Waals surface area contributed by atoms with E-state index in [9.17, 15) is 0 Å². The van der Waals surface area contributed by atoms with Gasteiger partial charge in [-0.15, -0.1) is 0 Å². The molecule has 0 spiro atoms. The van der Waals surface area contributed by atoms with Gasteiger partial charge in [0.1, 0.15) is 5.82 Å². The molecule has 0 saturated heterocycles. The van der Waals surface area contributed by atoms with E-state index in [0.29, 0.717) is 25.0 Å². The standard InChI is InChI=1S/C12H15N5O/c1-3-18-11-5-7-14-12(17-11)15-8-10-4-6-13-9(2)16-10/h4-7H,3,8H2,1-2H3,(H,14,15,17). The Morgan fingerprint density at radius 1 is 1.17 bits per heavy atom. The Morgan fingerprint density at radius 3 is 2.78 bits per heavy atom. The number of ether oxygens (including phenoxy) is 1. The molecule has 0 aliphatic rings. The van der Waals surface area contributed by atoms with Crippen LogP contribution in [0.3, 0.4) is 0 Å². The highest BCUT2D eigenvalue weighted by molar-refractivity contribution is 5.28. The van der Waals surface area contributed by atoms with Crippen LogP contribution in [0, 0.1) is 6.92 Å². The van der Waals surface area contributed by atoms with E-state index in [4.69, 9.17) is 4.74 Å². The van der Waals surface area contributed by atoms with Crippen molar-refractivity contribution in [3.63, 3.8) is 0 Å². The van der Waals surface area contributed by atoms with Crippen molar-refractivity contribution in [1.29, 1.82) is 0 Å². The molecule has 0 unspecified atom stereocenters. The zero-order valence-electron chi connectivity index (χ0n) is 10.4. The van der Waals surface area contributed by atoms with Crippen molar-refractivity contribution in [2.75, 3.05) is 11.9 Å². The first-order valence-electron chi connectivity index (χ1n) is 5.76. The predicted molar refractivity (Wildman–Crippen MR) is 67.3 cm³/mol. The molecule has 0 saturated carbocycles. The highest BCUT2D eigenvalue weighted by Crippen LogP contribution is 2.08. The maximum Gasteiger partial charge on any atom is 0.226 e. The van der Waals surface area contributed by atoms with Gasteiger partial charge < -0.3 is 10.1 Å². The van der Waals surface area contributed by atoms with E-state index >= 15 is 0 Å².